The number of halogens is 3. The van der Waals surface area contributed by atoms with Crippen molar-refractivity contribution in [2.24, 2.45) is 0 Å². The third-order valence-electron chi connectivity index (χ3n) is 4.66. The highest BCUT2D eigenvalue weighted by molar-refractivity contribution is 9.10. The summed E-state index contributed by atoms with van der Waals surface area (Å²) in [6, 6.07) is 9.89. The molecule has 0 aliphatic carbocycles. The topological polar surface area (TPSA) is 58.6 Å². The number of nitrogens with zero attached hydrogens (tertiary/aromatic N) is 1. The van der Waals surface area contributed by atoms with Crippen LogP contribution < -0.4 is 10.1 Å². The highest BCUT2D eigenvalue weighted by Gasteiger charge is 2.29. The van der Waals surface area contributed by atoms with Crippen LogP contribution in [-0.2, 0) is 16.1 Å². The van der Waals surface area contributed by atoms with Gasteiger partial charge in [-0.3, -0.25) is 9.59 Å². The van der Waals surface area contributed by atoms with Crippen LogP contribution in [0.15, 0.2) is 40.9 Å². The van der Waals surface area contributed by atoms with Crippen LogP contribution in [0.25, 0.3) is 0 Å². The van der Waals surface area contributed by atoms with Gasteiger partial charge in [0.2, 0.25) is 5.91 Å². The lowest BCUT2D eigenvalue weighted by atomic mass is 10.1. The molecule has 0 fully saturated rings. The molecule has 0 aliphatic rings. The van der Waals surface area contributed by atoms with Crippen molar-refractivity contribution in [1.29, 1.82) is 0 Å². The molecule has 1 atom stereocenters. The largest absolute Gasteiger partial charge is 0.484 e. The molecular formula is C23H27BrCl2N2O3. The molecule has 0 bridgehead atoms. The van der Waals surface area contributed by atoms with Crippen LogP contribution in [0.1, 0.15) is 38.3 Å². The highest BCUT2D eigenvalue weighted by atomic mass is 79.9. The second kappa shape index (κ2) is 11.7. The zero-order chi connectivity index (χ0) is 23.1. The standard InChI is InChI=1S/C23H27BrCl2N2O3/c1-5-21(23(30)27-14(2)3)28(12-16-6-7-17(25)11-20(16)26)22(29)13-31-18-8-9-19(24)15(4)10-18/h6-11,14,21H,5,12-13H2,1-4H3,(H,27,30). The number of nitrogens with one attached hydrogen (secondary N) is 1. The number of amides is 2. The zero-order valence-corrected chi connectivity index (χ0v) is 21.1. The molecule has 2 aromatic carbocycles. The molecule has 1 N–H and O–H groups in total. The molecule has 2 aromatic rings. The van der Waals surface area contributed by atoms with Gasteiger partial charge in [0, 0.05) is 27.1 Å². The van der Waals surface area contributed by atoms with E-state index in [1.165, 1.54) is 4.90 Å². The molecule has 0 spiro atoms. The molecule has 168 valence electrons. The van der Waals surface area contributed by atoms with E-state index in [1.807, 2.05) is 39.8 Å². The number of carbonyl (C=O) groups excluding carboxylic acids is 2. The van der Waals surface area contributed by atoms with Gasteiger partial charge in [-0.2, -0.15) is 0 Å². The van der Waals surface area contributed by atoms with E-state index in [0.717, 1.165) is 10.0 Å². The predicted molar refractivity (Wildman–Crippen MR) is 129 cm³/mol. The first-order valence-electron chi connectivity index (χ1n) is 10.0. The first-order valence-corrected chi connectivity index (χ1v) is 11.6. The molecule has 0 saturated heterocycles. The quantitative estimate of drug-likeness (QED) is 0.448. The monoisotopic (exact) mass is 528 g/mol. The van der Waals surface area contributed by atoms with E-state index in [-0.39, 0.29) is 31.0 Å². The summed E-state index contributed by atoms with van der Waals surface area (Å²) in [5, 5.41) is 3.84. The van der Waals surface area contributed by atoms with E-state index in [1.54, 1.807) is 24.3 Å². The Morgan fingerprint density at radius 1 is 1.16 bits per heavy atom. The second-order valence-electron chi connectivity index (χ2n) is 7.54. The van der Waals surface area contributed by atoms with Crippen LogP contribution >= 0.6 is 39.1 Å². The van der Waals surface area contributed by atoms with Gasteiger partial charge in [0.05, 0.1) is 0 Å². The molecule has 0 radical (unpaired) electrons. The van der Waals surface area contributed by atoms with E-state index in [2.05, 4.69) is 21.2 Å². The minimum atomic E-state index is -0.656. The molecule has 5 nitrogen and oxygen atoms in total. The number of hydrogen-bond acceptors (Lipinski definition) is 3. The Kier molecular flexibility index (Phi) is 9.66. The first kappa shape index (κ1) is 25.5. The Labute approximate surface area is 202 Å². The van der Waals surface area contributed by atoms with E-state index in [9.17, 15) is 9.59 Å². The minimum absolute atomic E-state index is 0.0420. The average molecular weight is 530 g/mol. The maximum atomic E-state index is 13.2. The molecule has 0 aliphatic heterocycles. The van der Waals surface area contributed by atoms with Crippen molar-refractivity contribution in [3.8, 4) is 5.75 Å². The van der Waals surface area contributed by atoms with Gasteiger partial charge < -0.3 is 15.0 Å². The van der Waals surface area contributed by atoms with E-state index < -0.39 is 6.04 Å². The van der Waals surface area contributed by atoms with Crippen molar-refractivity contribution in [1.82, 2.24) is 10.2 Å². The van der Waals surface area contributed by atoms with Crippen molar-refractivity contribution >= 4 is 50.9 Å². The molecule has 1 unspecified atom stereocenters. The van der Waals surface area contributed by atoms with Crippen molar-refractivity contribution in [3.05, 3.63) is 62.0 Å². The highest BCUT2D eigenvalue weighted by Crippen LogP contribution is 2.25. The van der Waals surface area contributed by atoms with Crippen LogP contribution in [0.5, 0.6) is 5.75 Å². The van der Waals surface area contributed by atoms with Gasteiger partial charge in [0.15, 0.2) is 6.61 Å². The van der Waals surface area contributed by atoms with Gasteiger partial charge in [-0.25, -0.2) is 0 Å². The van der Waals surface area contributed by atoms with Crippen molar-refractivity contribution < 1.29 is 14.3 Å². The maximum absolute atomic E-state index is 13.2. The number of hydrogen-bond donors (Lipinski definition) is 1. The van der Waals surface area contributed by atoms with E-state index in [0.29, 0.717) is 27.8 Å². The van der Waals surface area contributed by atoms with Crippen molar-refractivity contribution in [3.63, 3.8) is 0 Å². The third-order valence-corrected chi connectivity index (χ3v) is 6.14. The summed E-state index contributed by atoms with van der Waals surface area (Å²) in [4.78, 5) is 27.5. The summed E-state index contributed by atoms with van der Waals surface area (Å²) in [5.41, 5.74) is 1.70. The Morgan fingerprint density at radius 3 is 2.45 bits per heavy atom. The number of carbonyl (C=O) groups is 2. The lowest BCUT2D eigenvalue weighted by Gasteiger charge is -2.31. The van der Waals surface area contributed by atoms with Gasteiger partial charge >= 0.3 is 0 Å². The smallest absolute Gasteiger partial charge is 0.261 e. The molecule has 8 heteroatoms. The Balaban J connectivity index is 2.26. The Bertz CT molecular complexity index is 937. The van der Waals surface area contributed by atoms with Gasteiger partial charge in [-0.15, -0.1) is 0 Å². The van der Waals surface area contributed by atoms with Crippen molar-refractivity contribution in [2.45, 2.75) is 52.7 Å². The van der Waals surface area contributed by atoms with E-state index >= 15 is 0 Å². The molecule has 2 rings (SSSR count). The fourth-order valence-electron chi connectivity index (χ4n) is 3.07. The first-order chi connectivity index (χ1) is 14.6. The molecular weight excluding hydrogens is 503 g/mol. The minimum Gasteiger partial charge on any atom is -0.484 e. The SMILES string of the molecule is CCC(C(=O)NC(C)C)N(Cc1ccc(Cl)cc1Cl)C(=O)COc1ccc(Br)c(C)c1. The number of aryl methyl sites for hydroxylation is 1. The van der Waals surface area contributed by atoms with Crippen LogP contribution in [0.4, 0.5) is 0 Å². The average Bonchev–Trinajstić information content (AvgIpc) is 2.69. The summed E-state index contributed by atoms with van der Waals surface area (Å²) in [6.07, 6.45) is 0.451. The number of benzene rings is 2. The third kappa shape index (κ3) is 7.41. The summed E-state index contributed by atoms with van der Waals surface area (Å²) in [7, 11) is 0. The van der Waals surface area contributed by atoms with Crippen molar-refractivity contribution in [2.75, 3.05) is 6.61 Å². The van der Waals surface area contributed by atoms with Gasteiger partial charge in [0.1, 0.15) is 11.8 Å². The lowest BCUT2D eigenvalue weighted by Crippen LogP contribution is -2.51. The molecule has 0 aromatic heterocycles. The summed E-state index contributed by atoms with van der Waals surface area (Å²) in [5.74, 6) is 0.0611. The molecule has 31 heavy (non-hydrogen) atoms. The molecule has 0 heterocycles. The summed E-state index contributed by atoms with van der Waals surface area (Å²) in [6.45, 7) is 7.54. The van der Waals surface area contributed by atoms with E-state index in [4.69, 9.17) is 27.9 Å². The predicted octanol–water partition coefficient (Wildman–Crippen LogP) is 5.78. The fourth-order valence-corrected chi connectivity index (χ4v) is 3.78. The van der Waals surface area contributed by atoms with Gasteiger partial charge in [-0.1, -0.05) is 52.1 Å². The molecule has 2 amide bonds. The van der Waals surface area contributed by atoms with Crippen LogP contribution in [0.2, 0.25) is 10.0 Å². The van der Waals surface area contributed by atoms with Gasteiger partial charge in [0.25, 0.3) is 5.91 Å². The van der Waals surface area contributed by atoms with Crippen LogP contribution in [0.3, 0.4) is 0 Å². The zero-order valence-electron chi connectivity index (χ0n) is 18.0. The summed E-state index contributed by atoms with van der Waals surface area (Å²) < 4.78 is 6.69. The number of ether oxygens (including phenoxy) is 1. The number of rotatable bonds is 9. The van der Waals surface area contributed by atoms with Crippen LogP contribution in [0, 0.1) is 6.92 Å². The summed E-state index contributed by atoms with van der Waals surface area (Å²) >= 11 is 15.8. The second-order valence-corrected chi connectivity index (χ2v) is 9.24. The van der Waals surface area contributed by atoms with Crippen LogP contribution in [-0.4, -0.2) is 35.4 Å². The maximum Gasteiger partial charge on any atom is 0.261 e. The van der Waals surface area contributed by atoms with Gasteiger partial charge in [-0.05, 0) is 68.7 Å². The lowest BCUT2D eigenvalue weighted by molar-refractivity contribution is -0.143. The normalized spacial score (nSPS) is 11.9. The Hall–Kier alpha value is -1.76. The Morgan fingerprint density at radius 2 is 1.87 bits per heavy atom. The molecule has 0 saturated carbocycles. The fraction of sp³-hybridized carbons (Fsp3) is 0.391.